The van der Waals surface area contributed by atoms with E-state index < -0.39 is 54.7 Å². The van der Waals surface area contributed by atoms with E-state index in [1.165, 1.54) is 6.42 Å². The number of likely N-dealkylation sites (N-methyl/N-ethyl adjacent to an activating group) is 1. The van der Waals surface area contributed by atoms with Crippen LogP contribution in [0.2, 0.25) is 0 Å². The van der Waals surface area contributed by atoms with Crippen molar-refractivity contribution in [2.24, 2.45) is 35.5 Å². The van der Waals surface area contributed by atoms with Gasteiger partial charge in [0, 0.05) is 35.3 Å². The van der Waals surface area contributed by atoms with Crippen LogP contribution in [0, 0.1) is 35.5 Å². The van der Waals surface area contributed by atoms with Gasteiger partial charge >= 0.3 is 5.97 Å². The van der Waals surface area contributed by atoms with Crippen LogP contribution in [0.5, 0.6) is 0 Å². The molecule has 0 aliphatic carbocycles. The van der Waals surface area contributed by atoms with Gasteiger partial charge in [0.05, 0.1) is 36.9 Å². The molecule has 2 saturated heterocycles. The monoisotopic (exact) mass is 804 g/mol. The fourth-order valence-corrected chi connectivity index (χ4v) is 8.98. The number of aliphatic hydroxyl groups is 3. The maximum atomic E-state index is 13.6. The summed E-state index contributed by atoms with van der Waals surface area (Å²) in [6.45, 7) is 16.8. The molecule has 0 aromatic carbocycles. The van der Waals surface area contributed by atoms with Gasteiger partial charge < -0.3 is 39.3 Å². The van der Waals surface area contributed by atoms with Crippen molar-refractivity contribution in [2.45, 2.75) is 130 Å². The van der Waals surface area contributed by atoms with E-state index in [0.29, 0.717) is 31.1 Å². The van der Waals surface area contributed by atoms with Crippen molar-refractivity contribution < 1.29 is 39.1 Å². The average Bonchev–Trinajstić information content (AvgIpc) is 3.03. The van der Waals surface area contributed by atoms with E-state index in [2.05, 4.69) is 47.4 Å². The van der Waals surface area contributed by atoms with Crippen molar-refractivity contribution >= 4 is 34.3 Å². The first kappa shape index (κ1) is 42.5. The minimum Gasteiger partial charge on any atom is -0.462 e. The van der Waals surface area contributed by atoms with Crippen LogP contribution in [-0.4, -0.2) is 124 Å². The Hall–Kier alpha value is -0.930. The summed E-state index contributed by atoms with van der Waals surface area (Å²) in [6.07, 6.45) is 2.40. The molecule has 3 heterocycles. The number of allylic oxidation sites excluding steroid dienone is 3. The number of cyclic esters (lactones) is 1. The van der Waals surface area contributed by atoms with Gasteiger partial charge in [0.2, 0.25) is 0 Å². The number of hydrogen-bond acceptors (Lipinski definition) is 10. The largest absolute Gasteiger partial charge is 0.462 e. The Labute approximate surface area is 309 Å². The Morgan fingerprint density at radius 3 is 2.24 bits per heavy atom. The van der Waals surface area contributed by atoms with E-state index >= 15 is 0 Å². The number of halogens is 1. The standard InChI is InChI=1S/C38H65IN2O8/c1-10-32-29(19-39)16-22(2)11-12-30(42)25(5)17-28(13-14-41-20-23(3)15-24(4)21-41)37(26(6)31(43)18-33(44)48-32)49-38-36(46)34(40(8)9)35(45)27(7)47-38/h11-12,16,23-29,31-32,34-38,43,45-46H,10,13-15,17-21H2,1-9H3/b12-11-,22-16-/t23?,24?,25-,26+,27-,28+,29-,31-,32-,34+,35-,36-,37-,38+/m1/s1. The maximum Gasteiger partial charge on any atom is 0.308 e. The number of rotatable bonds is 8. The zero-order valence-corrected chi connectivity index (χ0v) is 33.5. The summed E-state index contributed by atoms with van der Waals surface area (Å²) < 4.78 is 19.6. The lowest BCUT2D eigenvalue weighted by atomic mass is 9.79. The number of esters is 1. The number of hydrogen-bond donors (Lipinski definition) is 3. The van der Waals surface area contributed by atoms with Gasteiger partial charge in [0.15, 0.2) is 12.1 Å². The fraction of sp³-hybridized carbons (Fsp3) is 0.842. The van der Waals surface area contributed by atoms with Gasteiger partial charge in [-0.15, -0.1) is 0 Å². The Morgan fingerprint density at radius 2 is 1.65 bits per heavy atom. The summed E-state index contributed by atoms with van der Waals surface area (Å²) in [5, 5.41) is 34.0. The molecule has 3 rings (SSSR count). The normalized spacial score (nSPS) is 42.8. The van der Waals surface area contributed by atoms with Crippen molar-refractivity contribution in [1.82, 2.24) is 9.80 Å². The van der Waals surface area contributed by atoms with E-state index in [4.69, 9.17) is 14.2 Å². The topological polar surface area (TPSA) is 129 Å². The predicted molar refractivity (Wildman–Crippen MR) is 200 cm³/mol. The van der Waals surface area contributed by atoms with Gasteiger partial charge in [0.25, 0.3) is 0 Å². The molecule has 0 spiro atoms. The molecular weight excluding hydrogens is 739 g/mol. The predicted octanol–water partition coefficient (Wildman–Crippen LogP) is 4.62. The van der Waals surface area contributed by atoms with Crippen LogP contribution < -0.4 is 0 Å². The number of aliphatic hydroxyl groups excluding tert-OH is 3. The summed E-state index contributed by atoms with van der Waals surface area (Å²) in [5.41, 5.74) is 0.929. The second-order valence-corrected chi connectivity index (χ2v) is 16.5. The molecule has 2 unspecified atom stereocenters. The van der Waals surface area contributed by atoms with Crippen LogP contribution in [0.25, 0.3) is 0 Å². The highest BCUT2D eigenvalue weighted by Crippen LogP contribution is 2.35. The second kappa shape index (κ2) is 19.8. The summed E-state index contributed by atoms with van der Waals surface area (Å²) in [7, 11) is 3.59. The Morgan fingerprint density at radius 1 is 1.00 bits per heavy atom. The third kappa shape index (κ3) is 12.1. The number of ketones is 1. The summed E-state index contributed by atoms with van der Waals surface area (Å²) in [4.78, 5) is 31.2. The fourth-order valence-electron chi connectivity index (χ4n) is 8.15. The Kier molecular flexibility index (Phi) is 17.1. The molecule has 0 aromatic heterocycles. The van der Waals surface area contributed by atoms with Crippen LogP contribution >= 0.6 is 22.6 Å². The molecule has 3 N–H and O–H groups in total. The zero-order chi connectivity index (χ0) is 36.6. The number of piperidine rings is 1. The molecule has 14 atom stereocenters. The molecule has 282 valence electrons. The lowest BCUT2D eigenvalue weighted by Gasteiger charge is -2.47. The molecular formula is C38H65IN2O8. The van der Waals surface area contributed by atoms with E-state index in [0.717, 1.165) is 29.6 Å². The molecule has 0 saturated carbocycles. The third-order valence-electron chi connectivity index (χ3n) is 10.9. The number of likely N-dealkylation sites (tertiary alicyclic amines) is 1. The van der Waals surface area contributed by atoms with Crippen LogP contribution in [0.15, 0.2) is 23.8 Å². The Balaban J connectivity index is 2.04. The number of nitrogens with zero attached hydrogens (tertiary/aromatic N) is 2. The first-order valence-corrected chi connectivity index (χ1v) is 20.0. The molecule has 0 bridgehead atoms. The van der Waals surface area contributed by atoms with Gasteiger partial charge in [-0.3, -0.25) is 9.59 Å². The van der Waals surface area contributed by atoms with E-state index in [9.17, 15) is 24.9 Å². The van der Waals surface area contributed by atoms with Crippen molar-refractivity contribution in [3.05, 3.63) is 23.8 Å². The van der Waals surface area contributed by atoms with Crippen molar-refractivity contribution in [2.75, 3.05) is 38.2 Å². The zero-order valence-electron chi connectivity index (χ0n) is 31.3. The van der Waals surface area contributed by atoms with E-state index in [1.54, 1.807) is 32.0 Å². The minimum atomic E-state index is -1.17. The van der Waals surface area contributed by atoms with Gasteiger partial charge in [-0.2, -0.15) is 0 Å². The molecule has 0 aromatic rings. The van der Waals surface area contributed by atoms with Gasteiger partial charge in [0.1, 0.15) is 12.2 Å². The van der Waals surface area contributed by atoms with E-state index in [-0.39, 0.29) is 36.1 Å². The number of carbonyl (C=O) groups is 2. The van der Waals surface area contributed by atoms with Gasteiger partial charge in [-0.25, -0.2) is 0 Å². The van der Waals surface area contributed by atoms with Crippen LogP contribution in [0.4, 0.5) is 0 Å². The van der Waals surface area contributed by atoms with Crippen LogP contribution in [0.1, 0.15) is 80.6 Å². The minimum absolute atomic E-state index is 0.0138. The SMILES string of the molecule is CC[C@H]1OC(=O)C[C@@H](O)[C@H](C)[C@@H](O[C@@H]2O[C@H](C)[C@@H](O)[C@H](N(C)C)[C@H]2O)[C@@H](CCN2CC(C)CC(C)C2)C[C@@H](C)C(=O)/C=C\C(C)=C/[C@@H]1CI. The molecule has 10 nitrogen and oxygen atoms in total. The molecule has 11 heteroatoms. The highest BCUT2D eigenvalue weighted by atomic mass is 127. The maximum absolute atomic E-state index is 13.6. The Bertz CT molecular complexity index is 1110. The van der Waals surface area contributed by atoms with Crippen molar-refractivity contribution in [3.63, 3.8) is 0 Å². The van der Waals surface area contributed by atoms with E-state index in [1.807, 2.05) is 33.8 Å². The average molecular weight is 805 g/mol. The molecule has 3 aliphatic rings. The number of ether oxygens (including phenoxy) is 3. The highest BCUT2D eigenvalue weighted by Gasteiger charge is 2.47. The summed E-state index contributed by atoms with van der Waals surface area (Å²) in [6, 6.07) is -0.635. The first-order chi connectivity index (χ1) is 23.1. The van der Waals surface area contributed by atoms with Crippen LogP contribution in [0.3, 0.4) is 0 Å². The summed E-state index contributed by atoms with van der Waals surface area (Å²) in [5.74, 6) is -0.444. The lowest BCUT2D eigenvalue weighted by Crippen LogP contribution is -2.63. The summed E-state index contributed by atoms with van der Waals surface area (Å²) >= 11 is 2.29. The van der Waals surface area contributed by atoms with Crippen LogP contribution in [-0.2, 0) is 23.8 Å². The number of carbonyl (C=O) groups excluding carboxylic acids is 2. The highest BCUT2D eigenvalue weighted by molar-refractivity contribution is 14.1. The third-order valence-corrected chi connectivity index (χ3v) is 11.9. The lowest BCUT2D eigenvalue weighted by molar-refractivity contribution is -0.304. The molecule has 0 radical (unpaired) electrons. The van der Waals surface area contributed by atoms with Crippen molar-refractivity contribution in [3.8, 4) is 0 Å². The van der Waals surface area contributed by atoms with Gasteiger partial charge in [-0.05, 0) is 84.0 Å². The second-order valence-electron chi connectivity index (χ2n) is 15.7. The first-order valence-electron chi connectivity index (χ1n) is 18.5. The number of alkyl halides is 1. The smallest absolute Gasteiger partial charge is 0.308 e. The molecule has 0 amide bonds. The van der Waals surface area contributed by atoms with Crippen molar-refractivity contribution in [1.29, 1.82) is 0 Å². The molecule has 3 aliphatic heterocycles. The molecule has 2 fully saturated rings. The molecule has 49 heavy (non-hydrogen) atoms. The quantitative estimate of drug-likeness (QED) is 0.182. The van der Waals surface area contributed by atoms with Gasteiger partial charge in [-0.1, -0.05) is 74.9 Å².